The zero-order valence-electron chi connectivity index (χ0n) is 16.5. The first-order valence-electron chi connectivity index (χ1n) is 9.01. The fourth-order valence-electron chi connectivity index (χ4n) is 2.80. The molecule has 0 aliphatic rings. The highest BCUT2D eigenvalue weighted by Gasteiger charge is 2.52. The van der Waals surface area contributed by atoms with Crippen molar-refractivity contribution < 1.29 is 22.7 Å². The van der Waals surface area contributed by atoms with Crippen LogP contribution in [0.2, 0.25) is 10.0 Å². The average Bonchev–Trinajstić information content (AvgIpc) is 2.68. The number of halogens is 5. The Bertz CT molecular complexity index is 991. The second kappa shape index (κ2) is 9.86. The van der Waals surface area contributed by atoms with E-state index in [-0.39, 0.29) is 40.2 Å². The molecule has 0 bridgehead atoms. The van der Waals surface area contributed by atoms with Crippen LogP contribution in [-0.2, 0) is 10.3 Å². The Morgan fingerprint density at radius 2 is 2.00 bits per heavy atom. The van der Waals surface area contributed by atoms with Crippen molar-refractivity contribution in [3.05, 3.63) is 69.9 Å². The smallest absolute Gasteiger partial charge is 0.292 e. The highest BCUT2D eigenvalue weighted by atomic mass is 35.5. The van der Waals surface area contributed by atoms with E-state index in [1.54, 1.807) is 0 Å². The third-order valence-corrected chi connectivity index (χ3v) is 5.00. The lowest BCUT2D eigenvalue weighted by Gasteiger charge is -2.37. The Balaban J connectivity index is 2.35. The molecule has 1 heterocycles. The van der Waals surface area contributed by atoms with Gasteiger partial charge in [-0.25, -0.2) is 18.2 Å². The molecule has 168 valence electrons. The van der Waals surface area contributed by atoms with E-state index in [1.807, 2.05) is 0 Å². The summed E-state index contributed by atoms with van der Waals surface area (Å²) in [6.07, 6.45) is 0.892. The number of amides is 1. The minimum absolute atomic E-state index is 0.0146. The predicted octanol–water partition coefficient (Wildman–Crippen LogP) is 4.47. The van der Waals surface area contributed by atoms with Crippen molar-refractivity contribution in [2.75, 3.05) is 18.5 Å². The molecule has 0 fully saturated rings. The summed E-state index contributed by atoms with van der Waals surface area (Å²) in [5.41, 5.74) is 8.30. The molecule has 0 unspecified atom stereocenters. The number of ether oxygens (including phenoxy) is 1. The molecule has 31 heavy (non-hydrogen) atoms. The maximum absolute atomic E-state index is 14.9. The normalized spacial score (nSPS) is 13.5. The van der Waals surface area contributed by atoms with Gasteiger partial charge in [0.25, 0.3) is 11.8 Å². The van der Waals surface area contributed by atoms with Crippen LogP contribution in [0, 0.1) is 5.82 Å². The van der Waals surface area contributed by atoms with Crippen LogP contribution in [0.25, 0.3) is 0 Å². The molecule has 1 amide bonds. The number of aromatic nitrogens is 1. The number of nitrogens with two attached hydrogens (primary N) is 2. The first-order valence-corrected chi connectivity index (χ1v) is 9.77. The summed E-state index contributed by atoms with van der Waals surface area (Å²) >= 11 is 11.7. The number of rotatable bonds is 9. The van der Waals surface area contributed by atoms with E-state index < -0.39 is 35.4 Å². The van der Waals surface area contributed by atoms with Crippen LogP contribution in [0.15, 0.2) is 42.7 Å². The molecule has 0 aliphatic heterocycles. The van der Waals surface area contributed by atoms with Crippen LogP contribution in [0.3, 0.4) is 0 Å². The molecule has 0 aliphatic carbocycles. The molecule has 0 saturated carbocycles. The fraction of sp³-hybridized carbons (Fsp3) is 0.300. The van der Waals surface area contributed by atoms with Gasteiger partial charge in [0.15, 0.2) is 0 Å². The Hall–Kier alpha value is -2.33. The van der Waals surface area contributed by atoms with Crippen LogP contribution >= 0.6 is 23.2 Å². The van der Waals surface area contributed by atoms with Crippen LogP contribution in [0.5, 0.6) is 0 Å². The Labute approximate surface area is 187 Å². The largest absolute Gasteiger partial charge is 0.401 e. The van der Waals surface area contributed by atoms with E-state index in [0.717, 1.165) is 12.1 Å². The second-order valence-corrected chi connectivity index (χ2v) is 7.66. The quantitative estimate of drug-likeness (QED) is 0.495. The molecule has 0 spiro atoms. The van der Waals surface area contributed by atoms with Gasteiger partial charge >= 0.3 is 0 Å². The van der Waals surface area contributed by atoms with Crippen molar-refractivity contribution in [2.45, 2.75) is 24.8 Å². The number of nitrogens with one attached hydrogen (secondary N) is 1. The van der Waals surface area contributed by atoms with Gasteiger partial charge in [-0.3, -0.25) is 4.79 Å². The predicted molar refractivity (Wildman–Crippen MR) is 114 cm³/mol. The summed E-state index contributed by atoms with van der Waals surface area (Å²) < 4.78 is 49.3. The molecule has 0 saturated heterocycles. The molecule has 0 radical (unpaired) electrons. The van der Waals surface area contributed by atoms with Gasteiger partial charge in [0.1, 0.15) is 23.7 Å². The first-order chi connectivity index (χ1) is 14.4. The van der Waals surface area contributed by atoms with E-state index in [2.05, 4.69) is 16.9 Å². The Morgan fingerprint density at radius 3 is 2.58 bits per heavy atom. The number of hydrogen-bond donors (Lipinski definition) is 3. The van der Waals surface area contributed by atoms with Gasteiger partial charge < -0.3 is 21.5 Å². The van der Waals surface area contributed by atoms with E-state index in [4.69, 9.17) is 39.4 Å². The molecular formula is C20H21Cl2F3N4O2. The standard InChI is InChI=1S/C20H21Cl2F3N4O2/c1-3-19(27,20(24,25)10-31-9-11(2)26)14-7-13(4-5-16(14)23)29-18(30)17-15(22)6-12(21)8-28-17/h4-8H,2-3,9-10,26-27H2,1H3,(H,29,30)/t19-/m1/s1. The van der Waals surface area contributed by atoms with Gasteiger partial charge in [-0.2, -0.15) is 0 Å². The zero-order chi connectivity index (χ0) is 23.4. The molecule has 2 aromatic rings. The molecule has 1 atom stereocenters. The number of carbonyl (C=O) groups excluding carboxylic acids is 1. The first kappa shape index (κ1) is 24.9. The van der Waals surface area contributed by atoms with Crippen molar-refractivity contribution in [3.63, 3.8) is 0 Å². The van der Waals surface area contributed by atoms with Crippen LogP contribution in [-0.4, -0.2) is 30.0 Å². The highest BCUT2D eigenvalue weighted by molar-refractivity contribution is 6.36. The zero-order valence-corrected chi connectivity index (χ0v) is 18.0. The summed E-state index contributed by atoms with van der Waals surface area (Å²) in [5.74, 6) is -5.37. The third-order valence-electron chi connectivity index (χ3n) is 4.51. The van der Waals surface area contributed by atoms with Gasteiger partial charge in [-0.05, 0) is 30.7 Å². The molecule has 2 rings (SSSR count). The number of alkyl halides is 2. The van der Waals surface area contributed by atoms with Crippen molar-refractivity contribution in [2.24, 2.45) is 11.5 Å². The summed E-state index contributed by atoms with van der Waals surface area (Å²) in [5, 5.41) is 2.65. The van der Waals surface area contributed by atoms with Gasteiger partial charge in [0.05, 0.1) is 16.7 Å². The molecule has 11 heteroatoms. The molecule has 6 nitrogen and oxygen atoms in total. The molecule has 1 aromatic heterocycles. The van der Waals surface area contributed by atoms with Gasteiger partial charge in [-0.1, -0.05) is 36.7 Å². The van der Waals surface area contributed by atoms with Crippen LogP contribution in [0.4, 0.5) is 18.9 Å². The number of nitrogens with zero attached hydrogens (tertiary/aromatic N) is 1. The van der Waals surface area contributed by atoms with Gasteiger partial charge in [0, 0.05) is 23.1 Å². The number of benzene rings is 1. The van der Waals surface area contributed by atoms with Crippen LogP contribution in [0.1, 0.15) is 29.4 Å². The maximum atomic E-state index is 14.9. The monoisotopic (exact) mass is 476 g/mol. The van der Waals surface area contributed by atoms with E-state index >= 15 is 0 Å². The maximum Gasteiger partial charge on any atom is 0.292 e. The van der Waals surface area contributed by atoms with Gasteiger partial charge in [0.2, 0.25) is 0 Å². The number of carbonyl (C=O) groups is 1. The third kappa shape index (κ3) is 5.68. The fourth-order valence-corrected chi connectivity index (χ4v) is 3.27. The lowest BCUT2D eigenvalue weighted by Crippen LogP contribution is -2.55. The van der Waals surface area contributed by atoms with Crippen LogP contribution < -0.4 is 16.8 Å². The summed E-state index contributed by atoms with van der Waals surface area (Å²) in [4.78, 5) is 16.3. The van der Waals surface area contributed by atoms with E-state index in [0.29, 0.717) is 0 Å². The lowest BCUT2D eigenvalue weighted by atomic mass is 9.81. The molecular weight excluding hydrogens is 456 g/mol. The SMILES string of the molecule is C=C(N)COCC(F)(F)[C@@](N)(CC)c1cc(NC(=O)c2ncc(Cl)cc2Cl)ccc1F. The average molecular weight is 477 g/mol. The van der Waals surface area contributed by atoms with Crippen molar-refractivity contribution in [1.29, 1.82) is 0 Å². The van der Waals surface area contributed by atoms with Crippen molar-refractivity contribution in [3.8, 4) is 0 Å². The highest BCUT2D eigenvalue weighted by Crippen LogP contribution is 2.40. The summed E-state index contributed by atoms with van der Waals surface area (Å²) in [7, 11) is 0. The number of pyridine rings is 1. The number of anilines is 1. The van der Waals surface area contributed by atoms with Crippen molar-refractivity contribution in [1.82, 2.24) is 4.98 Å². The molecule has 5 N–H and O–H groups in total. The lowest BCUT2D eigenvalue weighted by molar-refractivity contribution is -0.131. The Kier molecular flexibility index (Phi) is 7.93. The van der Waals surface area contributed by atoms with E-state index in [9.17, 15) is 18.0 Å². The topological polar surface area (TPSA) is 103 Å². The summed E-state index contributed by atoms with van der Waals surface area (Å²) in [6, 6.07) is 4.48. The van der Waals surface area contributed by atoms with Gasteiger partial charge in [-0.15, -0.1) is 0 Å². The minimum Gasteiger partial charge on any atom is -0.401 e. The van der Waals surface area contributed by atoms with E-state index in [1.165, 1.54) is 25.3 Å². The Morgan fingerprint density at radius 1 is 1.32 bits per heavy atom. The number of hydrogen-bond acceptors (Lipinski definition) is 5. The second-order valence-electron chi connectivity index (χ2n) is 6.81. The minimum atomic E-state index is -3.66. The summed E-state index contributed by atoms with van der Waals surface area (Å²) in [6.45, 7) is 3.34. The molecule has 1 aromatic carbocycles. The van der Waals surface area contributed by atoms with Crippen molar-refractivity contribution >= 4 is 34.8 Å².